The summed E-state index contributed by atoms with van der Waals surface area (Å²) in [4.78, 5) is 4.46. The average Bonchev–Trinajstić information content (AvgIpc) is 2.89. The Hall–Kier alpha value is -2.43. The van der Waals surface area contributed by atoms with Crippen LogP contribution in [0.5, 0.6) is 0 Å². The highest BCUT2D eigenvalue weighted by molar-refractivity contribution is 5.81. The number of benzene rings is 1. The number of hydrogen-bond acceptors (Lipinski definition) is 2. The monoisotopic (exact) mass is 299 g/mol. The molecule has 112 valence electrons. The maximum atomic E-state index is 12.9. The molecule has 0 N–H and O–H groups in total. The van der Waals surface area contributed by atoms with Crippen molar-refractivity contribution in [1.82, 2.24) is 9.66 Å². The van der Waals surface area contributed by atoms with Gasteiger partial charge in [0.25, 0.3) is 6.43 Å². The van der Waals surface area contributed by atoms with Gasteiger partial charge < -0.3 is 5.01 Å². The Morgan fingerprint density at radius 1 is 1.05 bits per heavy atom. The molecule has 3 nitrogen and oxygen atoms in total. The van der Waals surface area contributed by atoms with Crippen LogP contribution in [0.4, 0.5) is 8.78 Å². The second-order valence-electron chi connectivity index (χ2n) is 5.52. The normalized spacial score (nSPS) is 14.6. The maximum absolute atomic E-state index is 12.9. The fourth-order valence-corrected chi connectivity index (χ4v) is 2.77. The molecule has 4 rings (SSSR count). The lowest BCUT2D eigenvalue weighted by atomic mass is 10.0. The first kappa shape index (κ1) is 13.2. The van der Waals surface area contributed by atoms with E-state index in [4.69, 9.17) is 0 Å². The van der Waals surface area contributed by atoms with Crippen molar-refractivity contribution in [3.63, 3.8) is 0 Å². The predicted molar refractivity (Wildman–Crippen MR) is 82.7 cm³/mol. The van der Waals surface area contributed by atoms with E-state index in [2.05, 4.69) is 14.7 Å². The summed E-state index contributed by atoms with van der Waals surface area (Å²) in [5, 5.41) is 2.24. The van der Waals surface area contributed by atoms with Gasteiger partial charge in [-0.2, -0.15) is 0 Å². The van der Waals surface area contributed by atoms with Gasteiger partial charge in [-0.05, 0) is 30.2 Å². The average molecular weight is 299 g/mol. The highest BCUT2D eigenvalue weighted by atomic mass is 19.3. The Balaban J connectivity index is 1.80. The van der Waals surface area contributed by atoms with Gasteiger partial charge in [0.1, 0.15) is 0 Å². The van der Waals surface area contributed by atoms with Crippen molar-refractivity contribution in [2.75, 3.05) is 18.1 Å². The SMILES string of the molecule is FC(F)c1cccc(-c2cnc3ccn(N4CCC4)c3c2)c1. The molecule has 0 saturated carbocycles. The number of fused-ring (bicyclic) bond motifs is 1. The van der Waals surface area contributed by atoms with Gasteiger partial charge in [0.15, 0.2) is 0 Å². The molecule has 0 spiro atoms. The van der Waals surface area contributed by atoms with Crippen LogP contribution < -0.4 is 5.01 Å². The molecular formula is C17H15F2N3. The second-order valence-corrected chi connectivity index (χ2v) is 5.52. The molecule has 0 radical (unpaired) electrons. The molecule has 2 aromatic heterocycles. The van der Waals surface area contributed by atoms with E-state index < -0.39 is 6.43 Å². The Bertz CT molecular complexity index is 822. The lowest BCUT2D eigenvalue weighted by molar-refractivity contribution is 0.151. The smallest absolute Gasteiger partial charge is 0.263 e. The van der Waals surface area contributed by atoms with E-state index in [1.54, 1.807) is 12.3 Å². The Labute approximate surface area is 126 Å². The van der Waals surface area contributed by atoms with E-state index in [-0.39, 0.29) is 5.56 Å². The highest BCUT2D eigenvalue weighted by Crippen LogP contribution is 2.28. The fraction of sp³-hybridized carbons (Fsp3) is 0.235. The van der Waals surface area contributed by atoms with Crippen molar-refractivity contribution in [2.45, 2.75) is 12.8 Å². The number of hydrogen-bond donors (Lipinski definition) is 0. The first-order chi connectivity index (χ1) is 10.7. The molecule has 1 aliphatic heterocycles. The zero-order chi connectivity index (χ0) is 15.1. The van der Waals surface area contributed by atoms with E-state index in [0.717, 1.165) is 35.2 Å². The van der Waals surface area contributed by atoms with Crippen LogP contribution in [0.1, 0.15) is 18.4 Å². The molecule has 0 aliphatic carbocycles. The summed E-state index contributed by atoms with van der Waals surface area (Å²) in [6.07, 6.45) is 2.49. The van der Waals surface area contributed by atoms with Gasteiger partial charge in [0.05, 0.1) is 11.0 Å². The standard InChI is InChI=1S/C17H15F2N3/c18-17(19)13-4-1-3-12(9-13)14-10-16-15(20-11-14)5-8-22(16)21-6-2-7-21/h1,3-5,8-11,17H,2,6-7H2. The van der Waals surface area contributed by atoms with Crippen molar-refractivity contribution >= 4 is 11.0 Å². The molecule has 0 atom stereocenters. The number of pyridine rings is 1. The number of rotatable bonds is 3. The van der Waals surface area contributed by atoms with Crippen molar-refractivity contribution in [1.29, 1.82) is 0 Å². The van der Waals surface area contributed by atoms with Crippen LogP contribution >= 0.6 is 0 Å². The highest BCUT2D eigenvalue weighted by Gasteiger charge is 2.17. The maximum Gasteiger partial charge on any atom is 0.263 e. The molecule has 1 aliphatic rings. The van der Waals surface area contributed by atoms with Crippen molar-refractivity contribution in [3.05, 3.63) is 54.4 Å². The zero-order valence-electron chi connectivity index (χ0n) is 11.9. The first-order valence-electron chi connectivity index (χ1n) is 7.33. The van der Waals surface area contributed by atoms with Gasteiger partial charge in [-0.3, -0.25) is 9.66 Å². The second kappa shape index (κ2) is 5.09. The number of aromatic nitrogens is 2. The van der Waals surface area contributed by atoms with E-state index in [0.29, 0.717) is 0 Å². The molecule has 0 bridgehead atoms. The molecule has 3 heterocycles. The van der Waals surface area contributed by atoms with Gasteiger partial charge in [0.2, 0.25) is 0 Å². The largest absolute Gasteiger partial charge is 0.313 e. The zero-order valence-corrected chi connectivity index (χ0v) is 11.9. The number of alkyl halides is 2. The summed E-state index contributed by atoms with van der Waals surface area (Å²) >= 11 is 0. The van der Waals surface area contributed by atoms with E-state index >= 15 is 0 Å². The number of nitrogens with zero attached hydrogens (tertiary/aromatic N) is 3. The third-order valence-corrected chi connectivity index (χ3v) is 4.13. The summed E-state index contributed by atoms with van der Waals surface area (Å²) in [6.45, 7) is 2.07. The first-order valence-corrected chi connectivity index (χ1v) is 7.33. The Morgan fingerprint density at radius 3 is 2.64 bits per heavy atom. The molecule has 0 amide bonds. The van der Waals surface area contributed by atoms with Gasteiger partial charge in [-0.25, -0.2) is 8.78 Å². The topological polar surface area (TPSA) is 21.1 Å². The van der Waals surface area contributed by atoms with E-state index in [9.17, 15) is 8.78 Å². The molecule has 3 aromatic rings. The van der Waals surface area contributed by atoms with Crippen molar-refractivity contribution in [2.24, 2.45) is 0 Å². The summed E-state index contributed by atoms with van der Waals surface area (Å²) in [6, 6.07) is 10.5. The summed E-state index contributed by atoms with van der Waals surface area (Å²) < 4.78 is 27.8. The lowest BCUT2D eigenvalue weighted by Crippen LogP contribution is -2.45. The molecular weight excluding hydrogens is 284 g/mol. The molecule has 1 aromatic carbocycles. The molecule has 0 unspecified atom stereocenters. The van der Waals surface area contributed by atoms with Crippen LogP contribution in [-0.4, -0.2) is 22.7 Å². The molecule has 1 saturated heterocycles. The lowest BCUT2D eigenvalue weighted by Gasteiger charge is -2.34. The van der Waals surface area contributed by atoms with E-state index in [1.807, 2.05) is 24.4 Å². The van der Waals surface area contributed by atoms with Gasteiger partial charge in [0, 0.05) is 36.6 Å². The van der Waals surface area contributed by atoms with Crippen molar-refractivity contribution in [3.8, 4) is 11.1 Å². The third-order valence-electron chi connectivity index (χ3n) is 4.13. The van der Waals surface area contributed by atoms with Crippen molar-refractivity contribution < 1.29 is 8.78 Å². The quantitative estimate of drug-likeness (QED) is 0.729. The van der Waals surface area contributed by atoms with Crippen LogP contribution in [-0.2, 0) is 0 Å². The third kappa shape index (κ3) is 2.13. The minimum Gasteiger partial charge on any atom is -0.313 e. The van der Waals surface area contributed by atoms with Gasteiger partial charge in [-0.15, -0.1) is 0 Å². The van der Waals surface area contributed by atoms with Crippen LogP contribution in [0.2, 0.25) is 0 Å². The summed E-state index contributed by atoms with van der Waals surface area (Å²) in [5.41, 5.74) is 3.59. The van der Waals surface area contributed by atoms with Crippen LogP contribution in [0.3, 0.4) is 0 Å². The minimum atomic E-state index is -2.46. The van der Waals surface area contributed by atoms with E-state index in [1.165, 1.54) is 18.6 Å². The Morgan fingerprint density at radius 2 is 1.91 bits per heavy atom. The number of halogens is 2. The van der Waals surface area contributed by atoms with Crippen LogP contribution in [0.15, 0.2) is 48.8 Å². The fourth-order valence-electron chi connectivity index (χ4n) is 2.77. The summed E-state index contributed by atoms with van der Waals surface area (Å²) in [5.74, 6) is 0. The van der Waals surface area contributed by atoms with Gasteiger partial charge in [-0.1, -0.05) is 18.2 Å². The Kier molecular flexibility index (Phi) is 3.06. The molecule has 1 fully saturated rings. The van der Waals surface area contributed by atoms with Gasteiger partial charge >= 0.3 is 0 Å². The summed E-state index contributed by atoms with van der Waals surface area (Å²) in [7, 11) is 0. The molecule has 5 heteroatoms. The minimum absolute atomic E-state index is 0.0377. The molecule has 22 heavy (non-hydrogen) atoms. The van der Waals surface area contributed by atoms with Crippen LogP contribution in [0.25, 0.3) is 22.2 Å². The predicted octanol–water partition coefficient (Wildman–Crippen LogP) is 3.98. The van der Waals surface area contributed by atoms with Crippen LogP contribution in [0, 0.1) is 0 Å².